The molecule has 3 heteroatoms. The molecule has 3 unspecified atom stereocenters. The van der Waals surface area contributed by atoms with Crippen LogP contribution in [-0.2, 0) is 5.60 Å². The zero-order valence-corrected chi connectivity index (χ0v) is 13.7. The molecule has 0 spiro atoms. The second-order valence-electron chi connectivity index (χ2n) is 6.26. The Labute approximate surface area is 127 Å². The molecule has 21 heavy (non-hydrogen) atoms. The Kier molecular flexibility index (Phi) is 6.33. The van der Waals surface area contributed by atoms with Gasteiger partial charge in [-0.15, -0.1) is 0 Å². The second kappa shape index (κ2) is 7.35. The van der Waals surface area contributed by atoms with Crippen molar-refractivity contribution in [3.05, 3.63) is 35.4 Å². The zero-order chi connectivity index (χ0) is 16.2. The molecule has 1 rings (SSSR count). The van der Waals surface area contributed by atoms with Gasteiger partial charge in [-0.2, -0.15) is 0 Å². The number of hydrogen-bond donors (Lipinski definition) is 1. The summed E-state index contributed by atoms with van der Waals surface area (Å²) in [5, 5.41) is 11.0. The van der Waals surface area contributed by atoms with Gasteiger partial charge in [0.25, 0.3) is 0 Å². The fourth-order valence-electron chi connectivity index (χ4n) is 2.97. The standard InChI is InChI=1S/C18H28F2O/c1-6-13(5)14-8-10-15(11-9-14)18(21,12(3)4)16(7-2)17(19)20/h8-13,16-17,21H,6-7H2,1-5H3. The predicted molar refractivity (Wildman–Crippen MR) is 83.7 cm³/mol. The van der Waals surface area contributed by atoms with E-state index in [1.54, 1.807) is 20.8 Å². The maximum absolute atomic E-state index is 13.3. The molecular formula is C18H28F2O. The minimum Gasteiger partial charge on any atom is -0.384 e. The fourth-order valence-corrected chi connectivity index (χ4v) is 2.97. The van der Waals surface area contributed by atoms with Crippen molar-refractivity contribution in [2.75, 3.05) is 0 Å². The molecular weight excluding hydrogens is 270 g/mol. The Balaban J connectivity index is 3.22. The van der Waals surface area contributed by atoms with Crippen molar-refractivity contribution in [3.63, 3.8) is 0 Å². The fraction of sp³-hybridized carbons (Fsp3) is 0.667. The highest BCUT2D eigenvalue weighted by atomic mass is 19.3. The SMILES string of the molecule is CCC(C)c1ccc(C(O)(C(C)C)C(CC)C(F)F)cc1. The molecule has 1 aromatic rings. The van der Waals surface area contributed by atoms with Gasteiger partial charge in [-0.1, -0.05) is 58.9 Å². The quantitative estimate of drug-likeness (QED) is 0.721. The molecule has 0 fully saturated rings. The lowest BCUT2D eigenvalue weighted by atomic mass is 9.72. The molecule has 120 valence electrons. The maximum Gasteiger partial charge on any atom is 0.244 e. The van der Waals surface area contributed by atoms with Gasteiger partial charge in [0.2, 0.25) is 6.43 Å². The molecule has 0 saturated carbocycles. The van der Waals surface area contributed by atoms with Gasteiger partial charge in [-0.05, 0) is 35.8 Å². The minimum absolute atomic E-state index is 0.249. The van der Waals surface area contributed by atoms with E-state index in [0.29, 0.717) is 11.5 Å². The molecule has 0 amide bonds. The molecule has 0 radical (unpaired) electrons. The summed E-state index contributed by atoms with van der Waals surface area (Å²) in [5.74, 6) is -0.888. The van der Waals surface area contributed by atoms with Crippen molar-refractivity contribution < 1.29 is 13.9 Å². The Hall–Kier alpha value is -0.960. The summed E-state index contributed by atoms with van der Waals surface area (Å²) in [5.41, 5.74) is 0.283. The van der Waals surface area contributed by atoms with Crippen LogP contribution in [0.2, 0.25) is 0 Å². The first-order valence-electron chi connectivity index (χ1n) is 7.89. The zero-order valence-electron chi connectivity index (χ0n) is 13.7. The lowest BCUT2D eigenvalue weighted by Gasteiger charge is -2.39. The number of halogens is 2. The normalized spacial score (nSPS) is 17.8. The van der Waals surface area contributed by atoms with E-state index in [4.69, 9.17) is 0 Å². The Morgan fingerprint density at radius 1 is 1.00 bits per heavy atom. The van der Waals surface area contributed by atoms with Gasteiger partial charge in [-0.3, -0.25) is 0 Å². The van der Waals surface area contributed by atoms with E-state index in [2.05, 4.69) is 13.8 Å². The Morgan fingerprint density at radius 3 is 1.86 bits per heavy atom. The summed E-state index contributed by atoms with van der Waals surface area (Å²) in [4.78, 5) is 0. The molecule has 0 bridgehead atoms. The van der Waals surface area contributed by atoms with Crippen LogP contribution in [0.15, 0.2) is 24.3 Å². The van der Waals surface area contributed by atoms with Gasteiger partial charge in [0, 0.05) is 0 Å². The monoisotopic (exact) mass is 298 g/mol. The number of aliphatic hydroxyl groups is 1. The summed E-state index contributed by atoms with van der Waals surface area (Å²) in [6.07, 6.45) is -1.25. The van der Waals surface area contributed by atoms with Crippen molar-refractivity contribution in [1.29, 1.82) is 0 Å². The Morgan fingerprint density at radius 2 is 1.52 bits per heavy atom. The van der Waals surface area contributed by atoms with Crippen LogP contribution in [0.1, 0.15) is 64.5 Å². The van der Waals surface area contributed by atoms with Crippen molar-refractivity contribution in [1.82, 2.24) is 0 Å². The molecule has 0 aromatic heterocycles. The molecule has 3 atom stereocenters. The first kappa shape index (κ1) is 18.1. The molecule has 0 aliphatic carbocycles. The van der Waals surface area contributed by atoms with Crippen LogP contribution in [-0.4, -0.2) is 11.5 Å². The van der Waals surface area contributed by atoms with E-state index in [9.17, 15) is 13.9 Å². The average molecular weight is 298 g/mol. The molecule has 0 aliphatic rings. The van der Waals surface area contributed by atoms with Crippen LogP contribution in [0, 0.1) is 11.8 Å². The van der Waals surface area contributed by atoms with Gasteiger partial charge in [-0.25, -0.2) is 8.78 Å². The van der Waals surface area contributed by atoms with Crippen molar-refractivity contribution in [3.8, 4) is 0 Å². The maximum atomic E-state index is 13.3. The molecule has 0 aliphatic heterocycles. The van der Waals surface area contributed by atoms with E-state index >= 15 is 0 Å². The lowest BCUT2D eigenvalue weighted by Crippen LogP contribution is -2.43. The van der Waals surface area contributed by atoms with E-state index in [0.717, 1.165) is 6.42 Å². The number of alkyl halides is 2. The molecule has 0 heterocycles. The van der Waals surface area contributed by atoms with E-state index in [-0.39, 0.29) is 12.3 Å². The van der Waals surface area contributed by atoms with E-state index in [1.165, 1.54) is 5.56 Å². The number of rotatable bonds is 7. The number of benzene rings is 1. The highest BCUT2D eigenvalue weighted by Gasteiger charge is 2.45. The van der Waals surface area contributed by atoms with Gasteiger partial charge in [0.15, 0.2) is 0 Å². The van der Waals surface area contributed by atoms with Crippen LogP contribution in [0.3, 0.4) is 0 Å². The molecule has 1 nitrogen and oxygen atoms in total. The van der Waals surface area contributed by atoms with E-state index < -0.39 is 17.9 Å². The smallest absolute Gasteiger partial charge is 0.244 e. The minimum atomic E-state index is -2.53. The van der Waals surface area contributed by atoms with Crippen molar-refractivity contribution in [2.24, 2.45) is 11.8 Å². The Bertz CT molecular complexity index is 427. The molecule has 1 aromatic carbocycles. The van der Waals surface area contributed by atoms with Gasteiger partial charge >= 0.3 is 0 Å². The van der Waals surface area contributed by atoms with Crippen LogP contribution in [0.5, 0.6) is 0 Å². The third-order valence-corrected chi connectivity index (χ3v) is 4.74. The summed E-state index contributed by atoms with van der Waals surface area (Å²) in [6, 6.07) is 7.53. The van der Waals surface area contributed by atoms with E-state index in [1.807, 2.05) is 24.3 Å². The van der Waals surface area contributed by atoms with Gasteiger partial charge in [0.05, 0.1) is 5.92 Å². The third kappa shape index (κ3) is 3.63. The van der Waals surface area contributed by atoms with Crippen molar-refractivity contribution in [2.45, 2.75) is 65.4 Å². The van der Waals surface area contributed by atoms with Crippen LogP contribution >= 0.6 is 0 Å². The first-order valence-corrected chi connectivity index (χ1v) is 7.89. The molecule has 1 N–H and O–H groups in total. The summed E-state index contributed by atoms with van der Waals surface area (Å²) in [6.45, 7) is 9.56. The number of hydrogen-bond acceptors (Lipinski definition) is 1. The van der Waals surface area contributed by atoms with Gasteiger partial charge < -0.3 is 5.11 Å². The predicted octanol–water partition coefficient (Wildman–Crippen LogP) is 5.34. The third-order valence-electron chi connectivity index (χ3n) is 4.74. The summed E-state index contributed by atoms with van der Waals surface area (Å²) in [7, 11) is 0. The topological polar surface area (TPSA) is 20.2 Å². The van der Waals surface area contributed by atoms with Crippen LogP contribution in [0.4, 0.5) is 8.78 Å². The van der Waals surface area contributed by atoms with Crippen LogP contribution in [0.25, 0.3) is 0 Å². The first-order chi connectivity index (χ1) is 9.78. The second-order valence-corrected chi connectivity index (χ2v) is 6.26. The lowest BCUT2D eigenvalue weighted by molar-refractivity contribution is -0.121. The van der Waals surface area contributed by atoms with Crippen LogP contribution < -0.4 is 0 Å². The highest BCUT2D eigenvalue weighted by Crippen LogP contribution is 2.42. The molecule has 0 saturated heterocycles. The van der Waals surface area contributed by atoms with Crippen molar-refractivity contribution >= 4 is 0 Å². The summed E-state index contributed by atoms with van der Waals surface area (Å²) >= 11 is 0. The van der Waals surface area contributed by atoms with Gasteiger partial charge in [0.1, 0.15) is 5.60 Å². The highest BCUT2D eigenvalue weighted by molar-refractivity contribution is 5.30. The largest absolute Gasteiger partial charge is 0.384 e. The average Bonchev–Trinajstić information content (AvgIpc) is 2.46. The summed E-state index contributed by atoms with van der Waals surface area (Å²) < 4.78 is 26.7.